The maximum atomic E-state index is 13.4. The lowest BCUT2D eigenvalue weighted by Crippen LogP contribution is -2.46. The van der Waals surface area contributed by atoms with E-state index in [2.05, 4.69) is 22.2 Å². The van der Waals surface area contributed by atoms with Crippen LogP contribution in [0.5, 0.6) is 0 Å². The van der Waals surface area contributed by atoms with Gasteiger partial charge in [0.15, 0.2) is 0 Å². The van der Waals surface area contributed by atoms with E-state index in [0.29, 0.717) is 23.6 Å². The van der Waals surface area contributed by atoms with Crippen molar-refractivity contribution in [1.82, 2.24) is 15.1 Å². The molecule has 1 heterocycles. The Balaban J connectivity index is 1.55. The number of halogens is 1. The zero-order chi connectivity index (χ0) is 15.8. The third-order valence-electron chi connectivity index (χ3n) is 3.77. The van der Waals surface area contributed by atoms with Crippen LogP contribution >= 0.6 is 11.8 Å². The van der Waals surface area contributed by atoms with Crippen LogP contribution in [0.2, 0.25) is 0 Å². The van der Waals surface area contributed by atoms with Crippen molar-refractivity contribution >= 4 is 17.7 Å². The number of carbonyl (C=O) groups is 1. The van der Waals surface area contributed by atoms with Crippen LogP contribution in [0.3, 0.4) is 0 Å². The number of hydrogen-bond donors (Lipinski definition) is 1. The van der Waals surface area contributed by atoms with Gasteiger partial charge in [-0.25, -0.2) is 4.39 Å². The number of amides is 1. The second-order valence-electron chi connectivity index (χ2n) is 5.52. The molecule has 0 bridgehead atoms. The average Bonchev–Trinajstić information content (AvgIpc) is 2.51. The van der Waals surface area contributed by atoms with Crippen LogP contribution in [0.25, 0.3) is 0 Å². The van der Waals surface area contributed by atoms with Crippen LogP contribution in [0, 0.1) is 5.82 Å². The van der Waals surface area contributed by atoms with E-state index in [1.165, 1.54) is 17.8 Å². The first-order valence-electron chi connectivity index (χ1n) is 7.70. The van der Waals surface area contributed by atoms with Gasteiger partial charge < -0.3 is 10.2 Å². The van der Waals surface area contributed by atoms with Gasteiger partial charge in [0.2, 0.25) is 5.91 Å². The topological polar surface area (TPSA) is 35.6 Å². The van der Waals surface area contributed by atoms with Crippen molar-refractivity contribution in [2.75, 3.05) is 52.1 Å². The molecule has 2 rings (SSSR count). The first-order chi connectivity index (χ1) is 10.6. The van der Waals surface area contributed by atoms with Gasteiger partial charge in [-0.3, -0.25) is 9.69 Å². The molecule has 1 N–H and O–H groups in total. The lowest BCUT2D eigenvalue weighted by molar-refractivity contribution is -0.120. The SMILES string of the molecule is CN1CCN(CCNC(=O)CCSc2ccccc2F)CC1. The zero-order valence-electron chi connectivity index (χ0n) is 13.1. The number of carbonyl (C=O) groups excluding carboxylic acids is 1. The Labute approximate surface area is 136 Å². The molecule has 0 unspecified atom stereocenters. The van der Waals surface area contributed by atoms with Crippen LogP contribution in [-0.2, 0) is 4.79 Å². The summed E-state index contributed by atoms with van der Waals surface area (Å²) in [6.45, 7) is 5.90. The molecular formula is C16H24FN3OS. The third kappa shape index (κ3) is 5.94. The van der Waals surface area contributed by atoms with Crippen molar-refractivity contribution in [3.05, 3.63) is 30.1 Å². The van der Waals surface area contributed by atoms with Crippen molar-refractivity contribution in [2.24, 2.45) is 0 Å². The third-order valence-corrected chi connectivity index (χ3v) is 4.82. The zero-order valence-corrected chi connectivity index (χ0v) is 13.9. The molecule has 4 nitrogen and oxygen atoms in total. The van der Waals surface area contributed by atoms with Crippen molar-refractivity contribution in [1.29, 1.82) is 0 Å². The molecule has 22 heavy (non-hydrogen) atoms. The smallest absolute Gasteiger partial charge is 0.220 e. The van der Waals surface area contributed by atoms with E-state index >= 15 is 0 Å². The van der Waals surface area contributed by atoms with Gasteiger partial charge in [0.25, 0.3) is 0 Å². The highest BCUT2D eigenvalue weighted by molar-refractivity contribution is 7.99. The summed E-state index contributed by atoms with van der Waals surface area (Å²) in [5, 5.41) is 2.94. The lowest BCUT2D eigenvalue weighted by Gasteiger charge is -2.32. The minimum Gasteiger partial charge on any atom is -0.355 e. The van der Waals surface area contributed by atoms with E-state index in [4.69, 9.17) is 0 Å². The van der Waals surface area contributed by atoms with Crippen LogP contribution in [-0.4, -0.2) is 67.8 Å². The number of nitrogens with zero attached hydrogens (tertiary/aromatic N) is 2. The first-order valence-corrected chi connectivity index (χ1v) is 8.68. The largest absolute Gasteiger partial charge is 0.355 e. The fourth-order valence-corrected chi connectivity index (χ4v) is 3.22. The Morgan fingerprint density at radius 1 is 1.27 bits per heavy atom. The van der Waals surface area contributed by atoms with Crippen molar-refractivity contribution in [3.63, 3.8) is 0 Å². The van der Waals surface area contributed by atoms with Crippen LogP contribution < -0.4 is 5.32 Å². The average molecular weight is 325 g/mol. The van der Waals surface area contributed by atoms with Crippen LogP contribution in [0.15, 0.2) is 29.2 Å². The summed E-state index contributed by atoms with van der Waals surface area (Å²) >= 11 is 1.39. The molecule has 0 aliphatic carbocycles. The minimum absolute atomic E-state index is 0.0398. The van der Waals surface area contributed by atoms with Gasteiger partial charge in [-0.2, -0.15) is 0 Å². The Kier molecular flexibility index (Phi) is 7.15. The van der Waals surface area contributed by atoms with Crippen molar-refractivity contribution < 1.29 is 9.18 Å². The number of rotatable bonds is 7. The predicted octanol–water partition coefficient (Wildman–Crippen LogP) is 1.67. The summed E-state index contributed by atoms with van der Waals surface area (Å²) < 4.78 is 13.4. The van der Waals surface area contributed by atoms with E-state index in [9.17, 15) is 9.18 Å². The number of benzene rings is 1. The summed E-state index contributed by atoms with van der Waals surface area (Å²) in [4.78, 5) is 17.1. The Hall–Kier alpha value is -1.11. The second-order valence-corrected chi connectivity index (χ2v) is 6.66. The number of nitrogens with one attached hydrogen (secondary N) is 1. The number of piperazine rings is 1. The Bertz CT molecular complexity index is 478. The quantitative estimate of drug-likeness (QED) is 0.774. The van der Waals surface area contributed by atoms with E-state index in [1.807, 2.05) is 6.07 Å². The van der Waals surface area contributed by atoms with Gasteiger partial charge in [0, 0.05) is 56.3 Å². The maximum Gasteiger partial charge on any atom is 0.220 e. The molecule has 6 heteroatoms. The van der Waals surface area contributed by atoms with Gasteiger partial charge in [-0.05, 0) is 19.2 Å². The summed E-state index contributed by atoms with van der Waals surface area (Å²) in [6.07, 6.45) is 0.418. The van der Waals surface area contributed by atoms with Gasteiger partial charge >= 0.3 is 0 Å². The molecule has 1 amide bonds. The molecular weight excluding hydrogens is 301 g/mol. The highest BCUT2D eigenvalue weighted by Crippen LogP contribution is 2.21. The molecule has 0 spiro atoms. The molecule has 122 valence electrons. The van der Waals surface area contributed by atoms with E-state index in [-0.39, 0.29) is 11.7 Å². The molecule has 0 radical (unpaired) electrons. The molecule has 1 saturated heterocycles. The van der Waals surface area contributed by atoms with Crippen LogP contribution in [0.4, 0.5) is 4.39 Å². The molecule has 1 aromatic carbocycles. The van der Waals surface area contributed by atoms with Crippen LogP contribution in [0.1, 0.15) is 6.42 Å². The normalized spacial score (nSPS) is 16.6. The summed E-state index contributed by atoms with van der Waals surface area (Å²) in [7, 11) is 2.13. The van der Waals surface area contributed by atoms with Crippen molar-refractivity contribution in [3.8, 4) is 0 Å². The molecule has 0 saturated carbocycles. The van der Waals surface area contributed by atoms with E-state index in [1.54, 1.807) is 12.1 Å². The lowest BCUT2D eigenvalue weighted by atomic mass is 10.3. The predicted molar refractivity (Wildman–Crippen MR) is 88.7 cm³/mol. The number of hydrogen-bond acceptors (Lipinski definition) is 4. The fourth-order valence-electron chi connectivity index (χ4n) is 2.33. The highest BCUT2D eigenvalue weighted by Gasteiger charge is 2.13. The van der Waals surface area contributed by atoms with Gasteiger partial charge in [0.05, 0.1) is 0 Å². The molecule has 1 aliphatic heterocycles. The second kappa shape index (κ2) is 9.12. The number of thioether (sulfide) groups is 1. The molecule has 1 aliphatic rings. The summed E-state index contributed by atoms with van der Waals surface area (Å²) in [5.74, 6) is 0.419. The number of likely N-dealkylation sites (N-methyl/N-ethyl adjacent to an activating group) is 1. The molecule has 0 atom stereocenters. The standard InChI is InChI=1S/C16H24FN3OS/c1-19-9-11-20(12-10-19)8-7-18-16(21)6-13-22-15-5-3-2-4-14(15)17/h2-5H,6-13H2,1H3,(H,18,21). The monoisotopic (exact) mass is 325 g/mol. The Morgan fingerprint density at radius 2 is 2.00 bits per heavy atom. The van der Waals surface area contributed by atoms with E-state index in [0.717, 1.165) is 32.7 Å². The first kappa shape index (κ1) is 17.2. The van der Waals surface area contributed by atoms with Crippen molar-refractivity contribution in [2.45, 2.75) is 11.3 Å². The summed E-state index contributed by atoms with van der Waals surface area (Å²) in [5.41, 5.74) is 0. The maximum absolute atomic E-state index is 13.4. The highest BCUT2D eigenvalue weighted by atomic mass is 32.2. The van der Waals surface area contributed by atoms with E-state index < -0.39 is 0 Å². The Morgan fingerprint density at radius 3 is 2.73 bits per heavy atom. The van der Waals surface area contributed by atoms with Gasteiger partial charge in [-0.15, -0.1) is 11.8 Å². The molecule has 1 aromatic rings. The minimum atomic E-state index is -0.219. The molecule has 1 fully saturated rings. The van der Waals surface area contributed by atoms with Gasteiger partial charge in [-0.1, -0.05) is 12.1 Å². The fraction of sp³-hybridized carbons (Fsp3) is 0.562. The van der Waals surface area contributed by atoms with Gasteiger partial charge in [0.1, 0.15) is 5.82 Å². The summed E-state index contributed by atoms with van der Waals surface area (Å²) in [6, 6.07) is 6.66. The molecule has 0 aromatic heterocycles.